The summed E-state index contributed by atoms with van der Waals surface area (Å²) in [5.74, 6) is 2.80. The molecule has 0 unspecified atom stereocenters. The van der Waals surface area contributed by atoms with Crippen LogP contribution in [0.2, 0.25) is 0 Å². The lowest BCUT2D eigenvalue weighted by molar-refractivity contribution is 0.326. The maximum Gasteiger partial charge on any atom is 0.161 e. The van der Waals surface area contributed by atoms with Crippen LogP contribution >= 0.6 is 0 Å². The van der Waals surface area contributed by atoms with Gasteiger partial charge in [0.25, 0.3) is 0 Å². The quantitative estimate of drug-likeness (QED) is 0.115. The minimum Gasteiger partial charge on any atom is -0.493 e. The molecule has 0 aliphatic rings. The molecular formula is C38H36O4. The summed E-state index contributed by atoms with van der Waals surface area (Å²) in [5.41, 5.74) is 6.57. The van der Waals surface area contributed by atoms with Crippen molar-refractivity contribution in [1.29, 1.82) is 0 Å². The van der Waals surface area contributed by atoms with Crippen LogP contribution in [-0.4, -0.2) is 27.4 Å². The van der Waals surface area contributed by atoms with Gasteiger partial charge in [0.05, 0.1) is 14.2 Å². The highest BCUT2D eigenvalue weighted by Gasteiger charge is 2.05. The maximum absolute atomic E-state index is 5.63. The molecule has 0 fully saturated rings. The van der Waals surface area contributed by atoms with Crippen LogP contribution in [-0.2, 0) is 0 Å². The molecule has 0 atom stereocenters. The molecular weight excluding hydrogens is 520 g/mol. The van der Waals surface area contributed by atoms with Gasteiger partial charge in [-0.15, -0.1) is 0 Å². The number of rotatable bonds is 14. The van der Waals surface area contributed by atoms with E-state index in [1.54, 1.807) is 26.4 Å². The summed E-state index contributed by atoms with van der Waals surface area (Å²) in [6, 6.07) is 28.6. The Morgan fingerprint density at radius 2 is 0.714 bits per heavy atom. The normalized spacial score (nSPS) is 11.2. The molecule has 4 aromatic carbocycles. The molecule has 0 N–H and O–H groups in total. The Balaban J connectivity index is 1.34. The summed E-state index contributed by atoms with van der Waals surface area (Å²) in [6.07, 6.45) is 15.9. The van der Waals surface area contributed by atoms with E-state index in [0.717, 1.165) is 33.4 Å². The first kappa shape index (κ1) is 29.8. The van der Waals surface area contributed by atoms with Crippen molar-refractivity contribution in [2.45, 2.75) is 0 Å². The summed E-state index contributed by atoms with van der Waals surface area (Å²) in [4.78, 5) is 0. The second-order valence-electron chi connectivity index (χ2n) is 9.35. The smallest absolute Gasteiger partial charge is 0.161 e. The van der Waals surface area contributed by atoms with E-state index in [0.29, 0.717) is 36.2 Å². The van der Waals surface area contributed by atoms with E-state index < -0.39 is 0 Å². The number of methoxy groups -OCH3 is 2. The van der Waals surface area contributed by atoms with Crippen LogP contribution < -0.4 is 18.9 Å². The summed E-state index contributed by atoms with van der Waals surface area (Å²) >= 11 is 0. The lowest BCUT2D eigenvalue weighted by Gasteiger charge is -2.09. The topological polar surface area (TPSA) is 36.9 Å². The zero-order valence-electron chi connectivity index (χ0n) is 24.2. The van der Waals surface area contributed by atoms with E-state index in [2.05, 4.69) is 98.1 Å². The second kappa shape index (κ2) is 15.5. The number of ether oxygens (including phenoxy) is 4. The van der Waals surface area contributed by atoms with E-state index in [-0.39, 0.29) is 0 Å². The first-order valence-electron chi connectivity index (χ1n) is 13.7. The Hall–Kier alpha value is -5.22. The maximum atomic E-state index is 5.63. The van der Waals surface area contributed by atoms with Crippen molar-refractivity contribution in [3.8, 4) is 23.0 Å². The van der Waals surface area contributed by atoms with E-state index >= 15 is 0 Å². The Morgan fingerprint density at radius 1 is 0.429 bits per heavy atom. The predicted molar refractivity (Wildman–Crippen MR) is 177 cm³/mol. The van der Waals surface area contributed by atoms with Gasteiger partial charge in [-0.3, -0.25) is 0 Å². The molecule has 0 radical (unpaired) electrons. The second-order valence-corrected chi connectivity index (χ2v) is 9.35. The summed E-state index contributed by atoms with van der Waals surface area (Å²) < 4.78 is 22.2. The van der Waals surface area contributed by atoms with Crippen molar-refractivity contribution >= 4 is 36.5 Å². The molecule has 42 heavy (non-hydrogen) atoms. The molecule has 212 valence electrons. The highest BCUT2D eigenvalue weighted by atomic mass is 16.5. The molecule has 4 aromatic rings. The fourth-order valence-electron chi connectivity index (χ4n) is 4.13. The van der Waals surface area contributed by atoms with Crippen LogP contribution in [0.1, 0.15) is 33.4 Å². The Labute approximate surface area is 249 Å². The standard InChI is InChI=1S/C38H36O4/c1-5-25-41-35-23-21-33(27-37(35)39-3)19-17-31-13-9-29(10-14-31)7-8-30-11-15-32(16-12-30)18-20-34-22-24-36(42-26-6-2)38(28-34)40-4/h5-24,27-28H,1-2,25-26H2,3-4H3. The molecule has 0 heterocycles. The van der Waals surface area contributed by atoms with Crippen molar-refractivity contribution < 1.29 is 18.9 Å². The molecule has 4 rings (SSSR count). The van der Waals surface area contributed by atoms with E-state index in [9.17, 15) is 0 Å². The van der Waals surface area contributed by atoms with Gasteiger partial charge < -0.3 is 18.9 Å². The third-order valence-electron chi connectivity index (χ3n) is 6.37. The van der Waals surface area contributed by atoms with Crippen LogP contribution in [0.25, 0.3) is 36.5 Å². The zero-order valence-corrected chi connectivity index (χ0v) is 24.2. The molecule has 0 saturated heterocycles. The number of hydrogen-bond acceptors (Lipinski definition) is 4. The van der Waals surface area contributed by atoms with Gasteiger partial charge in [0.15, 0.2) is 23.0 Å². The minimum atomic E-state index is 0.439. The molecule has 0 spiro atoms. The van der Waals surface area contributed by atoms with Crippen molar-refractivity contribution in [3.63, 3.8) is 0 Å². The van der Waals surface area contributed by atoms with Crippen molar-refractivity contribution in [3.05, 3.63) is 144 Å². The summed E-state index contributed by atoms with van der Waals surface area (Å²) in [5, 5.41) is 0. The Kier molecular flexibility index (Phi) is 11.0. The van der Waals surface area contributed by atoms with Crippen LogP contribution in [0.4, 0.5) is 0 Å². The lowest BCUT2D eigenvalue weighted by atomic mass is 10.1. The monoisotopic (exact) mass is 556 g/mol. The average Bonchev–Trinajstić information content (AvgIpc) is 3.04. The van der Waals surface area contributed by atoms with Gasteiger partial charge in [-0.2, -0.15) is 0 Å². The first-order chi connectivity index (χ1) is 20.6. The van der Waals surface area contributed by atoms with Gasteiger partial charge in [-0.1, -0.05) is 122 Å². The molecule has 4 nitrogen and oxygen atoms in total. The van der Waals surface area contributed by atoms with E-state index in [1.165, 1.54) is 0 Å². The number of benzene rings is 4. The van der Waals surface area contributed by atoms with E-state index in [4.69, 9.17) is 18.9 Å². The molecule has 0 aliphatic carbocycles. The Morgan fingerprint density at radius 3 is 1.00 bits per heavy atom. The van der Waals surface area contributed by atoms with Crippen LogP contribution in [0, 0.1) is 0 Å². The van der Waals surface area contributed by atoms with Crippen LogP contribution in [0.5, 0.6) is 23.0 Å². The van der Waals surface area contributed by atoms with Gasteiger partial charge >= 0.3 is 0 Å². The molecule has 4 heteroatoms. The average molecular weight is 557 g/mol. The summed E-state index contributed by atoms with van der Waals surface area (Å²) in [6.45, 7) is 8.25. The molecule has 0 bridgehead atoms. The van der Waals surface area contributed by atoms with Gasteiger partial charge in [-0.25, -0.2) is 0 Å². The SMILES string of the molecule is C=CCOc1ccc(C=Cc2ccc(C=Cc3ccc(C=Cc4ccc(OCC=C)c(OC)c4)cc3)cc2)cc1OC. The highest BCUT2D eigenvalue weighted by molar-refractivity contribution is 5.75. The molecule has 0 aromatic heterocycles. The van der Waals surface area contributed by atoms with Crippen LogP contribution in [0.15, 0.2) is 110 Å². The predicted octanol–water partition coefficient (Wildman–Crippen LogP) is 9.34. The minimum absolute atomic E-state index is 0.439. The summed E-state index contributed by atoms with van der Waals surface area (Å²) in [7, 11) is 3.28. The van der Waals surface area contributed by atoms with E-state index in [1.807, 2.05) is 36.4 Å². The van der Waals surface area contributed by atoms with Gasteiger partial charge in [0.1, 0.15) is 13.2 Å². The fraction of sp³-hybridized carbons (Fsp3) is 0.105. The van der Waals surface area contributed by atoms with Crippen molar-refractivity contribution in [2.24, 2.45) is 0 Å². The van der Waals surface area contributed by atoms with Gasteiger partial charge in [0, 0.05) is 0 Å². The fourth-order valence-corrected chi connectivity index (χ4v) is 4.13. The molecule has 0 aliphatic heterocycles. The third-order valence-corrected chi connectivity index (χ3v) is 6.37. The molecule has 0 saturated carbocycles. The molecule has 0 amide bonds. The zero-order chi connectivity index (χ0) is 29.6. The lowest BCUT2D eigenvalue weighted by Crippen LogP contribution is -1.96. The van der Waals surface area contributed by atoms with Crippen molar-refractivity contribution in [1.82, 2.24) is 0 Å². The van der Waals surface area contributed by atoms with Crippen molar-refractivity contribution in [2.75, 3.05) is 27.4 Å². The largest absolute Gasteiger partial charge is 0.493 e. The highest BCUT2D eigenvalue weighted by Crippen LogP contribution is 2.30. The first-order valence-corrected chi connectivity index (χ1v) is 13.7. The van der Waals surface area contributed by atoms with Gasteiger partial charge in [-0.05, 0) is 57.6 Å². The van der Waals surface area contributed by atoms with Crippen LogP contribution in [0.3, 0.4) is 0 Å². The Bertz CT molecular complexity index is 1440. The third kappa shape index (κ3) is 8.64. The van der Waals surface area contributed by atoms with Gasteiger partial charge in [0.2, 0.25) is 0 Å². The number of hydrogen-bond donors (Lipinski definition) is 0.